The van der Waals surface area contributed by atoms with Gasteiger partial charge in [0.15, 0.2) is 0 Å². The lowest BCUT2D eigenvalue weighted by Gasteiger charge is -2.26. The van der Waals surface area contributed by atoms with Gasteiger partial charge in [-0.15, -0.1) is 0 Å². The topological polar surface area (TPSA) is 73.8 Å². The number of piperazine rings is 1. The number of para-hydroxylation sites is 1. The van der Waals surface area contributed by atoms with Gasteiger partial charge in [0.1, 0.15) is 0 Å². The second kappa shape index (κ2) is 8.18. The number of hydrazone groups is 1. The van der Waals surface area contributed by atoms with Crippen LogP contribution < -0.4 is 10.7 Å². The van der Waals surface area contributed by atoms with Gasteiger partial charge in [0.25, 0.3) is 0 Å². The van der Waals surface area contributed by atoms with Crippen molar-refractivity contribution in [2.24, 2.45) is 5.10 Å². The quantitative estimate of drug-likeness (QED) is 0.606. The van der Waals surface area contributed by atoms with E-state index in [4.69, 9.17) is 11.6 Å². The molecule has 0 aliphatic carbocycles. The lowest BCUT2D eigenvalue weighted by Crippen LogP contribution is -2.46. The molecule has 0 atom stereocenters. The van der Waals surface area contributed by atoms with Crippen molar-refractivity contribution in [1.29, 1.82) is 0 Å². The summed E-state index contributed by atoms with van der Waals surface area (Å²) in [6.45, 7) is 4.19. The summed E-state index contributed by atoms with van der Waals surface area (Å²) in [6.07, 6.45) is 0. The molecule has 26 heavy (non-hydrogen) atoms. The normalized spacial score (nSPS) is 16.5. The Balaban J connectivity index is 1.74. The summed E-state index contributed by atoms with van der Waals surface area (Å²) in [7, 11) is -3.44. The molecule has 3 rings (SSSR count). The standard InChI is InChI=1S/C18H21ClN4O2S/c1-14(21-22-18-5-3-2-4-17(18)19)15-6-8-16(9-7-15)26(24,25)23-12-10-20-11-13-23/h2-9,20,22H,10-13H2,1H3/b21-14-. The van der Waals surface area contributed by atoms with Crippen molar-refractivity contribution in [1.82, 2.24) is 9.62 Å². The van der Waals surface area contributed by atoms with Crippen LogP contribution in [0.3, 0.4) is 0 Å². The maximum atomic E-state index is 12.7. The Bertz CT molecular complexity index is 892. The molecule has 138 valence electrons. The summed E-state index contributed by atoms with van der Waals surface area (Å²) >= 11 is 6.09. The molecule has 1 fully saturated rings. The molecular formula is C18H21ClN4O2S. The molecule has 0 aromatic heterocycles. The van der Waals surface area contributed by atoms with E-state index in [-0.39, 0.29) is 0 Å². The summed E-state index contributed by atoms with van der Waals surface area (Å²) in [5.74, 6) is 0. The highest BCUT2D eigenvalue weighted by atomic mass is 35.5. The highest BCUT2D eigenvalue weighted by molar-refractivity contribution is 7.89. The maximum absolute atomic E-state index is 12.7. The highest BCUT2D eigenvalue weighted by Crippen LogP contribution is 2.21. The molecule has 1 saturated heterocycles. The van der Waals surface area contributed by atoms with Crippen LogP contribution in [-0.2, 0) is 10.0 Å². The lowest BCUT2D eigenvalue weighted by atomic mass is 10.1. The van der Waals surface area contributed by atoms with Crippen molar-refractivity contribution in [2.45, 2.75) is 11.8 Å². The number of nitrogens with one attached hydrogen (secondary N) is 2. The number of nitrogens with zero attached hydrogens (tertiary/aromatic N) is 2. The van der Waals surface area contributed by atoms with Crippen LogP contribution in [0, 0.1) is 0 Å². The monoisotopic (exact) mass is 392 g/mol. The summed E-state index contributed by atoms with van der Waals surface area (Å²) < 4.78 is 26.8. The van der Waals surface area contributed by atoms with E-state index in [9.17, 15) is 8.42 Å². The van der Waals surface area contributed by atoms with Gasteiger partial charge in [-0.25, -0.2) is 8.42 Å². The predicted octanol–water partition coefficient (Wildman–Crippen LogP) is 2.77. The molecule has 0 amide bonds. The number of sulfonamides is 1. The Labute approximate surface area is 158 Å². The van der Waals surface area contributed by atoms with Gasteiger partial charge in [-0.1, -0.05) is 35.9 Å². The van der Waals surface area contributed by atoms with Crippen LogP contribution in [0.2, 0.25) is 5.02 Å². The summed E-state index contributed by atoms with van der Waals surface area (Å²) in [4.78, 5) is 0.301. The molecule has 1 aliphatic heterocycles. The summed E-state index contributed by atoms with van der Waals surface area (Å²) in [6, 6.07) is 14.1. The smallest absolute Gasteiger partial charge is 0.243 e. The first-order valence-corrected chi connectivity index (χ1v) is 10.2. The molecule has 0 radical (unpaired) electrons. The molecule has 0 saturated carbocycles. The van der Waals surface area contributed by atoms with Crippen molar-refractivity contribution in [3.8, 4) is 0 Å². The first kappa shape index (κ1) is 18.8. The Kier molecular flexibility index (Phi) is 5.93. The minimum absolute atomic E-state index is 0.301. The van der Waals surface area contributed by atoms with Crippen molar-refractivity contribution in [3.05, 3.63) is 59.1 Å². The molecule has 1 heterocycles. The van der Waals surface area contributed by atoms with E-state index in [0.29, 0.717) is 41.8 Å². The van der Waals surface area contributed by atoms with Crippen LogP contribution in [0.5, 0.6) is 0 Å². The number of hydrogen-bond acceptors (Lipinski definition) is 5. The van der Waals surface area contributed by atoms with Crippen LogP contribution in [0.4, 0.5) is 5.69 Å². The molecule has 0 spiro atoms. The highest BCUT2D eigenvalue weighted by Gasteiger charge is 2.25. The van der Waals surface area contributed by atoms with Gasteiger partial charge in [0, 0.05) is 26.2 Å². The first-order chi connectivity index (χ1) is 12.5. The maximum Gasteiger partial charge on any atom is 0.243 e. The number of rotatable bonds is 5. The average Bonchev–Trinajstić information content (AvgIpc) is 2.68. The summed E-state index contributed by atoms with van der Waals surface area (Å²) in [5.41, 5.74) is 5.21. The third kappa shape index (κ3) is 4.24. The van der Waals surface area contributed by atoms with Crippen LogP contribution in [0.25, 0.3) is 0 Å². The van der Waals surface area contributed by atoms with Crippen LogP contribution in [-0.4, -0.2) is 44.6 Å². The van der Waals surface area contributed by atoms with E-state index in [2.05, 4.69) is 15.8 Å². The third-order valence-electron chi connectivity index (χ3n) is 4.20. The fraction of sp³-hybridized carbons (Fsp3) is 0.278. The molecular weight excluding hydrogens is 372 g/mol. The minimum Gasteiger partial charge on any atom is -0.314 e. The SMILES string of the molecule is C/C(=N/Nc1ccccc1Cl)c1ccc(S(=O)(=O)N2CCNCC2)cc1. The molecule has 2 aromatic rings. The van der Waals surface area contributed by atoms with Gasteiger partial charge in [0.05, 0.1) is 21.3 Å². The van der Waals surface area contributed by atoms with Gasteiger partial charge >= 0.3 is 0 Å². The molecule has 0 unspecified atom stereocenters. The zero-order valence-corrected chi connectivity index (χ0v) is 16.0. The Morgan fingerprint density at radius 2 is 1.77 bits per heavy atom. The molecule has 2 N–H and O–H groups in total. The Hall–Kier alpha value is -1.93. The lowest BCUT2D eigenvalue weighted by molar-refractivity contribution is 0.360. The van der Waals surface area contributed by atoms with E-state index in [1.165, 1.54) is 4.31 Å². The molecule has 6 nitrogen and oxygen atoms in total. The van der Waals surface area contributed by atoms with Crippen molar-refractivity contribution in [3.63, 3.8) is 0 Å². The van der Waals surface area contributed by atoms with E-state index >= 15 is 0 Å². The molecule has 8 heteroatoms. The van der Waals surface area contributed by atoms with Crippen molar-refractivity contribution in [2.75, 3.05) is 31.6 Å². The second-order valence-electron chi connectivity index (χ2n) is 5.97. The number of benzene rings is 2. The predicted molar refractivity (Wildman–Crippen MR) is 105 cm³/mol. The van der Waals surface area contributed by atoms with Crippen molar-refractivity contribution >= 4 is 33.0 Å². The molecule has 1 aliphatic rings. The van der Waals surface area contributed by atoms with Crippen LogP contribution in [0.1, 0.15) is 12.5 Å². The van der Waals surface area contributed by atoms with Gasteiger partial charge in [0.2, 0.25) is 10.0 Å². The van der Waals surface area contributed by atoms with E-state index in [0.717, 1.165) is 11.3 Å². The fourth-order valence-electron chi connectivity index (χ4n) is 2.66. The summed E-state index contributed by atoms with van der Waals surface area (Å²) in [5, 5.41) is 8.06. The zero-order chi connectivity index (χ0) is 18.6. The van der Waals surface area contributed by atoms with Gasteiger partial charge in [-0.3, -0.25) is 5.43 Å². The third-order valence-corrected chi connectivity index (χ3v) is 6.45. The number of halogens is 1. The Morgan fingerprint density at radius 1 is 1.12 bits per heavy atom. The second-order valence-corrected chi connectivity index (χ2v) is 8.31. The van der Waals surface area contributed by atoms with Crippen molar-refractivity contribution < 1.29 is 8.42 Å². The van der Waals surface area contributed by atoms with E-state index < -0.39 is 10.0 Å². The molecule has 2 aromatic carbocycles. The minimum atomic E-state index is -3.44. The zero-order valence-electron chi connectivity index (χ0n) is 14.4. The first-order valence-electron chi connectivity index (χ1n) is 8.34. The van der Waals surface area contributed by atoms with Gasteiger partial charge < -0.3 is 5.32 Å². The fourth-order valence-corrected chi connectivity index (χ4v) is 4.28. The van der Waals surface area contributed by atoms with Crippen LogP contribution >= 0.6 is 11.6 Å². The van der Waals surface area contributed by atoms with E-state index in [1.807, 2.05) is 25.1 Å². The van der Waals surface area contributed by atoms with E-state index in [1.54, 1.807) is 30.3 Å². The molecule has 0 bridgehead atoms. The average molecular weight is 393 g/mol. The largest absolute Gasteiger partial charge is 0.314 e. The number of anilines is 1. The Morgan fingerprint density at radius 3 is 2.42 bits per heavy atom. The van der Waals surface area contributed by atoms with Gasteiger partial charge in [-0.2, -0.15) is 9.41 Å². The number of hydrogen-bond donors (Lipinski definition) is 2. The van der Waals surface area contributed by atoms with Crippen LogP contribution in [0.15, 0.2) is 58.5 Å². The van der Waals surface area contributed by atoms with Gasteiger partial charge in [-0.05, 0) is 36.8 Å².